The van der Waals surface area contributed by atoms with Crippen LogP contribution in [-0.2, 0) is 9.59 Å². The number of likely N-dealkylation sites (tertiary alicyclic amines) is 1. The molecule has 1 aliphatic heterocycles. The summed E-state index contributed by atoms with van der Waals surface area (Å²) in [5.41, 5.74) is 0. The van der Waals surface area contributed by atoms with Gasteiger partial charge in [0.05, 0.1) is 11.3 Å². The molecule has 2 amide bonds. The number of piperidine rings is 1. The Hall–Kier alpha value is -1.89. The zero-order valence-corrected chi connectivity index (χ0v) is 12.4. The van der Waals surface area contributed by atoms with Crippen molar-refractivity contribution in [2.45, 2.75) is 31.7 Å². The molecule has 0 aromatic carbocycles. The molecule has 2 rings (SSSR count). The third-order valence-corrected chi connectivity index (χ3v) is 4.29. The van der Waals surface area contributed by atoms with E-state index < -0.39 is 12.0 Å². The number of rotatable bonds is 5. The normalized spacial score (nSPS) is 18.3. The van der Waals surface area contributed by atoms with Gasteiger partial charge in [0.25, 0.3) is 5.91 Å². The van der Waals surface area contributed by atoms with Crippen LogP contribution in [0.15, 0.2) is 17.5 Å². The minimum Gasteiger partial charge on any atom is -0.481 e. The molecule has 0 spiro atoms. The number of thiophene rings is 1. The number of amides is 2. The highest BCUT2D eigenvalue weighted by Crippen LogP contribution is 2.21. The zero-order chi connectivity index (χ0) is 15.2. The monoisotopic (exact) mass is 310 g/mol. The highest BCUT2D eigenvalue weighted by atomic mass is 32.1. The lowest BCUT2D eigenvalue weighted by Gasteiger charge is -2.34. The molecule has 2 N–H and O–H groups in total. The Balaban J connectivity index is 1.99. The first kappa shape index (κ1) is 15.5. The third kappa shape index (κ3) is 4.04. The molecule has 1 aromatic heterocycles. The van der Waals surface area contributed by atoms with Crippen molar-refractivity contribution in [1.82, 2.24) is 10.2 Å². The maximum Gasteiger partial charge on any atom is 0.305 e. The first-order chi connectivity index (χ1) is 10.1. The first-order valence-electron chi connectivity index (χ1n) is 6.93. The fourth-order valence-electron chi connectivity index (χ4n) is 2.40. The molecule has 7 heteroatoms. The van der Waals surface area contributed by atoms with Gasteiger partial charge in [-0.2, -0.15) is 0 Å². The van der Waals surface area contributed by atoms with E-state index in [1.165, 1.54) is 11.3 Å². The summed E-state index contributed by atoms with van der Waals surface area (Å²) in [6.45, 7) is 0.652. The van der Waals surface area contributed by atoms with E-state index in [1.807, 2.05) is 11.4 Å². The summed E-state index contributed by atoms with van der Waals surface area (Å²) in [5.74, 6) is -1.34. The molecule has 6 nitrogen and oxygen atoms in total. The van der Waals surface area contributed by atoms with Gasteiger partial charge in [-0.1, -0.05) is 6.07 Å². The molecule has 1 unspecified atom stereocenters. The summed E-state index contributed by atoms with van der Waals surface area (Å²) >= 11 is 1.36. The lowest BCUT2D eigenvalue weighted by molar-refractivity contribution is -0.137. The first-order valence-corrected chi connectivity index (χ1v) is 7.81. The van der Waals surface area contributed by atoms with Crippen molar-refractivity contribution >= 4 is 29.1 Å². The highest BCUT2D eigenvalue weighted by molar-refractivity contribution is 7.12. The van der Waals surface area contributed by atoms with E-state index in [0.717, 1.165) is 12.8 Å². The minimum absolute atomic E-state index is 0.0890. The van der Waals surface area contributed by atoms with Gasteiger partial charge in [0.2, 0.25) is 5.91 Å². The van der Waals surface area contributed by atoms with Crippen molar-refractivity contribution in [1.29, 1.82) is 0 Å². The minimum atomic E-state index is -0.953. The summed E-state index contributed by atoms with van der Waals surface area (Å²) in [5, 5.41) is 13.0. The predicted molar refractivity (Wildman–Crippen MR) is 78.3 cm³/mol. The molecule has 1 aromatic rings. The van der Waals surface area contributed by atoms with Crippen LogP contribution in [0.25, 0.3) is 0 Å². The summed E-state index contributed by atoms with van der Waals surface area (Å²) in [6.07, 6.45) is 2.29. The molecule has 21 heavy (non-hydrogen) atoms. The predicted octanol–water partition coefficient (Wildman–Crippen LogP) is 1.33. The van der Waals surface area contributed by atoms with Crippen LogP contribution in [0, 0.1) is 0 Å². The number of carbonyl (C=O) groups excluding carboxylic acids is 2. The fraction of sp³-hybridized carbons (Fsp3) is 0.500. The van der Waals surface area contributed by atoms with Crippen LogP contribution in [0.4, 0.5) is 0 Å². The molecule has 0 saturated carbocycles. The number of carbonyl (C=O) groups is 3. The number of aliphatic carboxylic acids is 1. The lowest BCUT2D eigenvalue weighted by atomic mass is 10.0. The van der Waals surface area contributed by atoms with Gasteiger partial charge in [0.1, 0.15) is 6.04 Å². The van der Waals surface area contributed by atoms with Gasteiger partial charge >= 0.3 is 5.97 Å². The van der Waals surface area contributed by atoms with Crippen molar-refractivity contribution in [3.8, 4) is 0 Å². The van der Waals surface area contributed by atoms with Crippen molar-refractivity contribution in [2.75, 3.05) is 13.1 Å². The highest BCUT2D eigenvalue weighted by Gasteiger charge is 2.32. The van der Waals surface area contributed by atoms with Crippen LogP contribution in [0.5, 0.6) is 0 Å². The maximum absolute atomic E-state index is 12.4. The van der Waals surface area contributed by atoms with E-state index in [-0.39, 0.29) is 24.8 Å². The molecule has 1 aliphatic rings. The van der Waals surface area contributed by atoms with Gasteiger partial charge in [0, 0.05) is 13.1 Å². The molecular weight excluding hydrogens is 292 g/mol. The number of nitrogens with one attached hydrogen (secondary N) is 1. The van der Waals surface area contributed by atoms with Gasteiger partial charge in [-0.25, -0.2) is 0 Å². The Morgan fingerprint density at radius 2 is 2.19 bits per heavy atom. The van der Waals surface area contributed by atoms with Crippen LogP contribution in [0.2, 0.25) is 0 Å². The van der Waals surface area contributed by atoms with Crippen LogP contribution < -0.4 is 5.32 Å². The van der Waals surface area contributed by atoms with Crippen LogP contribution in [-0.4, -0.2) is 46.9 Å². The molecule has 2 heterocycles. The van der Waals surface area contributed by atoms with E-state index in [4.69, 9.17) is 5.11 Å². The Morgan fingerprint density at radius 3 is 2.86 bits per heavy atom. The Bertz CT molecular complexity index is 515. The molecule has 1 fully saturated rings. The molecule has 1 atom stereocenters. The number of hydrogen-bond acceptors (Lipinski definition) is 4. The quantitative estimate of drug-likeness (QED) is 0.859. The second-order valence-corrected chi connectivity index (χ2v) is 5.87. The second-order valence-electron chi connectivity index (χ2n) is 4.92. The van der Waals surface area contributed by atoms with Gasteiger partial charge in [-0.05, 0) is 30.7 Å². The smallest absolute Gasteiger partial charge is 0.305 e. The van der Waals surface area contributed by atoms with E-state index in [1.54, 1.807) is 11.0 Å². The molecule has 0 bridgehead atoms. The maximum atomic E-state index is 12.4. The molecule has 0 aliphatic carbocycles. The van der Waals surface area contributed by atoms with Crippen LogP contribution in [0.3, 0.4) is 0 Å². The fourth-order valence-corrected chi connectivity index (χ4v) is 3.08. The van der Waals surface area contributed by atoms with E-state index in [2.05, 4.69) is 5.32 Å². The van der Waals surface area contributed by atoms with Gasteiger partial charge in [-0.3, -0.25) is 14.4 Å². The number of carboxylic acid groups (broad SMARTS) is 1. The Labute approximate surface area is 126 Å². The molecule has 114 valence electrons. The third-order valence-electron chi connectivity index (χ3n) is 3.44. The van der Waals surface area contributed by atoms with Crippen LogP contribution in [0.1, 0.15) is 35.4 Å². The van der Waals surface area contributed by atoms with Crippen molar-refractivity contribution in [3.05, 3.63) is 22.4 Å². The largest absolute Gasteiger partial charge is 0.481 e. The number of hydrogen-bond donors (Lipinski definition) is 2. The lowest BCUT2D eigenvalue weighted by Crippen LogP contribution is -2.52. The van der Waals surface area contributed by atoms with E-state index in [0.29, 0.717) is 17.8 Å². The topological polar surface area (TPSA) is 86.7 Å². The summed E-state index contributed by atoms with van der Waals surface area (Å²) in [7, 11) is 0. The van der Waals surface area contributed by atoms with E-state index >= 15 is 0 Å². The SMILES string of the molecule is O=C(O)CCNC(=O)C1CCCCN1C(=O)c1cccs1. The number of carboxylic acids is 1. The average molecular weight is 310 g/mol. The van der Waals surface area contributed by atoms with Crippen LogP contribution >= 0.6 is 11.3 Å². The average Bonchev–Trinajstić information content (AvgIpc) is 3.00. The summed E-state index contributed by atoms with van der Waals surface area (Å²) in [4.78, 5) is 37.3. The standard InChI is InChI=1S/C14H18N2O4S/c17-12(18)6-7-15-13(19)10-4-1-2-8-16(10)14(20)11-5-3-9-21-11/h3,5,9-10H,1-2,4,6-8H2,(H,15,19)(H,17,18). The molecular formula is C14H18N2O4S. The Morgan fingerprint density at radius 1 is 1.38 bits per heavy atom. The van der Waals surface area contributed by atoms with E-state index in [9.17, 15) is 14.4 Å². The Kier molecular flexibility index (Phi) is 5.32. The molecule has 0 radical (unpaired) electrons. The van der Waals surface area contributed by atoms with Crippen molar-refractivity contribution in [2.24, 2.45) is 0 Å². The second kappa shape index (κ2) is 7.21. The van der Waals surface area contributed by atoms with Gasteiger partial charge < -0.3 is 15.3 Å². The summed E-state index contributed by atoms with van der Waals surface area (Å²) < 4.78 is 0. The summed E-state index contributed by atoms with van der Waals surface area (Å²) in [6, 6.07) is 3.06. The molecule has 1 saturated heterocycles. The van der Waals surface area contributed by atoms with Gasteiger partial charge in [-0.15, -0.1) is 11.3 Å². The van der Waals surface area contributed by atoms with Crippen molar-refractivity contribution < 1.29 is 19.5 Å². The van der Waals surface area contributed by atoms with Gasteiger partial charge in [0.15, 0.2) is 0 Å². The van der Waals surface area contributed by atoms with Crippen molar-refractivity contribution in [3.63, 3.8) is 0 Å². The number of nitrogens with zero attached hydrogens (tertiary/aromatic N) is 1. The zero-order valence-electron chi connectivity index (χ0n) is 11.6.